The van der Waals surface area contributed by atoms with Crippen LogP contribution in [0, 0.1) is 0 Å². The number of anilines is 1. The maximum absolute atomic E-state index is 11.4. The van der Waals surface area contributed by atoms with Crippen LogP contribution in [0.25, 0.3) is 0 Å². The Labute approximate surface area is 96.0 Å². The standard InChI is InChI=1S/C10H9N3O4/c14-8-5-11-13(10(17)12-8)7-3-1-6(2-4-7)9(15)16/h1-4,11H,5H2,(H,15,16)(H,12,14,17). The summed E-state index contributed by atoms with van der Waals surface area (Å²) in [6.07, 6.45) is 0. The molecule has 1 aromatic carbocycles. The largest absolute Gasteiger partial charge is 0.478 e. The van der Waals surface area contributed by atoms with Gasteiger partial charge in [-0.15, -0.1) is 0 Å². The summed E-state index contributed by atoms with van der Waals surface area (Å²) in [5.74, 6) is -1.45. The van der Waals surface area contributed by atoms with E-state index in [2.05, 4.69) is 10.7 Å². The Morgan fingerprint density at radius 1 is 1.24 bits per heavy atom. The van der Waals surface area contributed by atoms with E-state index in [1.54, 1.807) is 0 Å². The van der Waals surface area contributed by atoms with Crippen molar-refractivity contribution in [3.05, 3.63) is 29.8 Å². The Balaban J connectivity index is 2.20. The number of carbonyl (C=O) groups is 3. The lowest BCUT2D eigenvalue weighted by molar-refractivity contribution is -0.119. The van der Waals surface area contributed by atoms with Crippen LogP contribution in [0.2, 0.25) is 0 Å². The summed E-state index contributed by atoms with van der Waals surface area (Å²) in [7, 11) is 0. The molecule has 3 N–H and O–H groups in total. The highest BCUT2D eigenvalue weighted by Crippen LogP contribution is 2.14. The van der Waals surface area contributed by atoms with Gasteiger partial charge in [0.05, 0.1) is 17.8 Å². The van der Waals surface area contributed by atoms with Crippen molar-refractivity contribution in [1.29, 1.82) is 0 Å². The maximum Gasteiger partial charge on any atom is 0.343 e. The molecule has 3 amide bonds. The summed E-state index contributed by atoms with van der Waals surface area (Å²) in [5.41, 5.74) is 3.19. The van der Waals surface area contributed by atoms with Crippen molar-refractivity contribution < 1.29 is 19.5 Å². The smallest absolute Gasteiger partial charge is 0.343 e. The molecule has 2 rings (SSSR count). The molecule has 17 heavy (non-hydrogen) atoms. The van der Waals surface area contributed by atoms with E-state index < -0.39 is 17.9 Å². The van der Waals surface area contributed by atoms with Crippen LogP contribution in [-0.4, -0.2) is 29.6 Å². The maximum atomic E-state index is 11.4. The minimum Gasteiger partial charge on any atom is -0.478 e. The lowest BCUT2D eigenvalue weighted by atomic mass is 10.2. The topological polar surface area (TPSA) is 98.7 Å². The van der Waals surface area contributed by atoms with Crippen molar-refractivity contribution in [2.75, 3.05) is 11.6 Å². The van der Waals surface area contributed by atoms with E-state index in [-0.39, 0.29) is 12.1 Å². The number of hydrogen-bond acceptors (Lipinski definition) is 4. The number of carbonyl (C=O) groups excluding carboxylic acids is 2. The van der Waals surface area contributed by atoms with Gasteiger partial charge >= 0.3 is 12.0 Å². The second kappa shape index (κ2) is 4.22. The molecular weight excluding hydrogens is 226 g/mol. The fourth-order valence-electron chi connectivity index (χ4n) is 1.40. The lowest BCUT2D eigenvalue weighted by Gasteiger charge is -2.27. The highest BCUT2D eigenvalue weighted by Gasteiger charge is 2.23. The average molecular weight is 235 g/mol. The molecule has 88 valence electrons. The summed E-state index contributed by atoms with van der Waals surface area (Å²) in [4.78, 5) is 33.0. The summed E-state index contributed by atoms with van der Waals surface area (Å²) < 4.78 is 0. The first-order chi connectivity index (χ1) is 8.08. The van der Waals surface area contributed by atoms with Gasteiger partial charge in [0.2, 0.25) is 5.91 Å². The number of urea groups is 1. The van der Waals surface area contributed by atoms with Gasteiger partial charge < -0.3 is 5.11 Å². The Morgan fingerprint density at radius 3 is 2.41 bits per heavy atom. The first kappa shape index (κ1) is 11.1. The zero-order valence-electron chi connectivity index (χ0n) is 8.64. The van der Waals surface area contributed by atoms with Gasteiger partial charge in [-0.25, -0.2) is 20.0 Å². The van der Waals surface area contributed by atoms with Gasteiger partial charge in [-0.1, -0.05) is 0 Å². The molecule has 7 nitrogen and oxygen atoms in total. The van der Waals surface area contributed by atoms with E-state index in [9.17, 15) is 14.4 Å². The number of aromatic carboxylic acids is 1. The lowest BCUT2D eigenvalue weighted by Crippen LogP contribution is -2.59. The zero-order valence-corrected chi connectivity index (χ0v) is 8.64. The third-order valence-corrected chi connectivity index (χ3v) is 2.22. The van der Waals surface area contributed by atoms with Gasteiger partial charge in [0.25, 0.3) is 0 Å². The highest BCUT2D eigenvalue weighted by molar-refractivity contribution is 6.05. The second-order valence-corrected chi connectivity index (χ2v) is 3.38. The van der Waals surface area contributed by atoms with Crippen LogP contribution in [0.15, 0.2) is 24.3 Å². The van der Waals surface area contributed by atoms with Crippen LogP contribution < -0.4 is 15.8 Å². The van der Waals surface area contributed by atoms with Gasteiger partial charge in [-0.3, -0.25) is 10.1 Å². The highest BCUT2D eigenvalue weighted by atomic mass is 16.4. The van der Waals surface area contributed by atoms with Crippen LogP contribution in [0.1, 0.15) is 10.4 Å². The Bertz CT molecular complexity index is 483. The fourth-order valence-corrected chi connectivity index (χ4v) is 1.40. The van der Waals surface area contributed by atoms with Gasteiger partial charge in [-0.05, 0) is 24.3 Å². The van der Waals surface area contributed by atoms with Gasteiger partial charge in [0, 0.05) is 0 Å². The van der Waals surface area contributed by atoms with Crippen LogP contribution in [0.3, 0.4) is 0 Å². The molecule has 0 radical (unpaired) electrons. The minimum absolute atomic E-state index is 0.00752. The van der Waals surface area contributed by atoms with E-state index in [0.717, 1.165) is 5.01 Å². The van der Waals surface area contributed by atoms with Crippen molar-refractivity contribution in [2.24, 2.45) is 0 Å². The molecule has 7 heteroatoms. The monoisotopic (exact) mass is 235 g/mol. The molecule has 1 aliphatic rings. The number of carboxylic acid groups (broad SMARTS) is 1. The molecule has 0 bridgehead atoms. The molecule has 0 aromatic heterocycles. The van der Waals surface area contributed by atoms with E-state index in [1.165, 1.54) is 24.3 Å². The number of amides is 3. The third-order valence-electron chi connectivity index (χ3n) is 2.22. The number of hydrogen-bond donors (Lipinski definition) is 3. The molecule has 1 aliphatic heterocycles. The number of carboxylic acids is 1. The predicted octanol–water partition coefficient (Wildman–Crippen LogP) is -0.0544. The molecule has 1 fully saturated rings. The summed E-state index contributed by atoms with van der Waals surface area (Å²) in [6.45, 7) is -0.00752. The summed E-state index contributed by atoms with van der Waals surface area (Å²) in [6, 6.07) is 5.12. The van der Waals surface area contributed by atoms with Crippen molar-refractivity contribution in [1.82, 2.24) is 10.7 Å². The van der Waals surface area contributed by atoms with E-state index in [1.807, 2.05) is 0 Å². The summed E-state index contributed by atoms with van der Waals surface area (Å²) in [5, 5.41) is 12.0. The van der Waals surface area contributed by atoms with Gasteiger partial charge in [0.15, 0.2) is 0 Å². The number of rotatable bonds is 2. The normalized spacial score (nSPS) is 15.6. The second-order valence-electron chi connectivity index (χ2n) is 3.38. The van der Waals surface area contributed by atoms with Gasteiger partial charge in [-0.2, -0.15) is 0 Å². The average Bonchev–Trinajstić information content (AvgIpc) is 2.29. The molecule has 1 aromatic rings. The van der Waals surface area contributed by atoms with Crippen LogP contribution in [-0.2, 0) is 4.79 Å². The number of imide groups is 1. The first-order valence-electron chi connectivity index (χ1n) is 4.79. The minimum atomic E-state index is -1.04. The molecule has 0 aliphatic carbocycles. The SMILES string of the molecule is O=C1CNN(c2ccc(C(=O)O)cc2)C(=O)N1. The molecule has 0 spiro atoms. The quantitative estimate of drug-likeness (QED) is 0.667. The molecule has 0 unspecified atom stereocenters. The predicted molar refractivity (Wildman–Crippen MR) is 57.4 cm³/mol. The molecule has 1 saturated heterocycles. The molecule has 1 heterocycles. The number of hydrazine groups is 1. The number of benzene rings is 1. The van der Waals surface area contributed by atoms with Crippen molar-refractivity contribution >= 4 is 23.6 Å². The number of nitrogens with one attached hydrogen (secondary N) is 2. The fraction of sp³-hybridized carbons (Fsp3) is 0.100. The van der Waals surface area contributed by atoms with Crippen molar-refractivity contribution in [3.8, 4) is 0 Å². The number of nitrogens with zero attached hydrogens (tertiary/aromatic N) is 1. The van der Waals surface area contributed by atoms with Crippen molar-refractivity contribution in [3.63, 3.8) is 0 Å². The van der Waals surface area contributed by atoms with Crippen LogP contribution >= 0.6 is 0 Å². The zero-order chi connectivity index (χ0) is 12.4. The van der Waals surface area contributed by atoms with Crippen LogP contribution in [0.4, 0.5) is 10.5 Å². The van der Waals surface area contributed by atoms with Crippen molar-refractivity contribution in [2.45, 2.75) is 0 Å². The first-order valence-corrected chi connectivity index (χ1v) is 4.79. The summed E-state index contributed by atoms with van der Waals surface area (Å²) >= 11 is 0. The van der Waals surface area contributed by atoms with E-state index >= 15 is 0 Å². The molecule has 0 saturated carbocycles. The van der Waals surface area contributed by atoms with E-state index in [4.69, 9.17) is 5.11 Å². The molecular formula is C10H9N3O4. The Kier molecular flexibility index (Phi) is 2.75. The Morgan fingerprint density at radius 2 is 1.88 bits per heavy atom. The Hall–Kier alpha value is -2.41. The molecule has 0 atom stereocenters. The van der Waals surface area contributed by atoms with E-state index in [0.29, 0.717) is 5.69 Å². The third kappa shape index (κ3) is 2.23. The van der Waals surface area contributed by atoms with Crippen LogP contribution in [0.5, 0.6) is 0 Å². The van der Waals surface area contributed by atoms with Gasteiger partial charge in [0.1, 0.15) is 0 Å².